The maximum Gasteiger partial charge on any atom is 0.289 e. The zero-order valence-corrected chi connectivity index (χ0v) is 18.1. The molecule has 8 heteroatoms. The van der Waals surface area contributed by atoms with Gasteiger partial charge in [0.15, 0.2) is 0 Å². The molecule has 1 amide bonds. The number of carbonyl (C=O) groups is 1. The molecule has 31 heavy (non-hydrogen) atoms. The number of rotatable bonds is 5. The van der Waals surface area contributed by atoms with Gasteiger partial charge in [-0.3, -0.25) is 15.1 Å². The Bertz CT molecular complexity index is 1200. The van der Waals surface area contributed by atoms with Crippen molar-refractivity contribution in [2.75, 3.05) is 28.3 Å². The maximum atomic E-state index is 13.1. The summed E-state index contributed by atoms with van der Waals surface area (Å²) in [5.74, 6) is -0.0339. The van der Waals surface area contributed by atoms with Crippen LogP contribution >= 0.6 is 22.9 Å². The standard InChI is InChI=1S/C23H19ClN4O2S/c1-14(20-9-10-21(24)31-20)26-19-4-2-3-17-18(19)13-28(22(17)29)16-7-5-15(6-8-16)27-11-12-30-23(27)25/h2-10,25-26H,1,11-13H2. The van der Waals surface area contributed by atoms with Crippen LogP contribution in [0.25, 0.3) is 5.70 Å². The van der Waals surface area contributed by atoms with Crippen molar-refractivity contribution in [1.29, 1.82) is 5.41 Å². The van der Waals surface area contributed by atoms with Crippen LogP contribution in [-0.4, -0.2) is 25.1 Å². The molecule has 0 saturated carbocycles. The van der Waals surface area contributed by atoms with Crippen LogP contribution in [0.3, 0.4) is 0 Å². The molecule has 0 bridgehead atoms. The van der Waals surface area contributed by atoms with Gasteiger partial charge in [0, 0.05) is 33.9 Å². The summed E-state index contributed by atoms with van der Waals surface area (Å²) >= 11 is 7.50. The van der Waals surface area contributed by atoms with Crippen molar-refractivity contribution >= 4 is 57.6 Å². The molecule has 0 aliphatic carbocycles. The highest BCUT2D eigenvalue weighted by Gasteiger charge is 2.31. The lowest BCUT2D eigenvalue weighted by atomic mass is 10.1. The summed E-state index contributed by atoms with van der Waals surface area (Å²) in [6.07, 6.45) is 0. The Hall–Kier alpha value is -3.29. The number of ether oxygens (including phenoxy) is 1. The lowest BCUT2D eigenvalue weighted by Gasteiger charge is -2.19. The molecule has 1 saturated heterocycles. The Morgan fingerprint density at radius 2 is 1.84 bits per heavy atom. The highest BCUT2D eigenvalue weighted by Crippen LogP contribution is 2.36. The number of anilines is 3. The van der Waals surface area contributed by atoms with Gasteiger partial charge in [0.1, 0.15) is 6.61 Å². The van der Waals surface area contributed by atoms with Crippen LogP contribution in [-0.2, 0) is 11.3 Å². The molecular formula is C23H19ClN4O2S. The van der Waals surface area contributed by atoms with Gasteiger partial charge in [-0.2, -0.15) is 0 Å². The number of carbonyl (C=O) groups excluding carboxylic acids is 1. The van der Waals surface area contributed by atoms with Gasteiger partial charge in [-0.05, 0) is 48.5 Å². The summed E-state index contributed by atoms with van der Waals surface area (Å²) in [5, 5.41) is 11.2. The van der Waals surface area contributed by atoms with Gasteiger partial charge in [-0.15, -0.1) is 11.3 Å². The normalized spacial score (nSPS) is 15.3. The van der Waals surface area contributed by atoms with Gasteiger partial charge in [0.05, 0.1) is 22.3 Å². The van der Waals surface area contributed by atoms with Gasteiger partial charge in [-0.25, -0.2) is 0 Å². The number of nitrogens with zero attached hydrogens (tertiary/aromatic N) is 2. The van der Waals surface area contributed by atoms with Gasteiger partial charge < -0.3 is 15.0 Å². The van der Waals surface area contributed by atoms with Gasteiger partial charge in [0.2, 0.25) is 0 Å². The lowest BCUT2D eigenvalue weighted by molar-refractivity contribution is 0.0996. The number of hydrogen-bond donors (Lipinski definition) is 2. The molecular weight excluding hydrogens is 432 g/mol. The van der Waals surface area contributed by atoms with Crippen molar-refractivity contribution in [2.24, 2.45) is 0 Å². The van der Waals surface area contributed by atoms with E-state index in [1.165, 1.54) is 11.3 Å². The second-order valence-corrected chi connectivity index (χ2v) is 8.97. The van der Waals surface area contributed by atoms with Crippen LogP contribution in [0.4, 0.5) is 17.1 Å². The second kappa shape index (κ2) is 7.76. The number of benzene rings is 2. The second-order valence-electron chi connectivity index (χ2n) is 7.25. The van der Waals surface area contributed by atoms with Crippen LogP contribution in [0.15, 0.2) is 61.2 Å². The average molecular weight is 451 g/mol. The third-order valence-electron chi connectivity index (χ3n) is 5.40. The number of amides is 1. The van der Waals surface area contributed by atoms with Crippen molar-refractivity contribution in [3.63, 3.8) is 0 Å². The molecule has 0 atom stereocenters. The van der Waals surface area contributed by atoms with E-state index >= 15 is 0 Å². The molecule has 5 rings (SSSR count). The number of amidine groups is 1. The van der Waals surface area contributed by atoms with Crippen molar-refractivity contribution in [2.45, 2.75) is 6.54 Å². The lowest BCUT2D eigenvalue weighted by Crippen LogP contribution is -2.25. The monoisotopic (exact) mass is 450 g/mol. The number of fused-ring (bicyclic) bond motifs is 1. The largest absolute Gasteiger partial charge is 0.463 e. The Kier molecular flexibility index (Phi) is 4.92. The van der Waals surface area contributed by atoms with Crippen molar-refractivity contribution in [3.05, 3.63) is 81.5 Å². The Morgan fingerprint density at radius 3 is 2.48 bits per heavy atom. The average Bonchev–Trinajstić information content (AvgIpc) is 3.48. The van der Waals surface area contributed by atoms with E-state index in [4.69, 9.17) is 21.7 Å². The van der Waals surface area contributed by atoms with E-state index in [0.717, 1.165) is 33.2 Å². The van der Waals surface area contributed by atoms with E-state index in [1.54, 1.807) is 9.80 Å². The fraction of sp³-hybridized carbons (Fsp3) is 0.130. The molecule has 0 unspecified atom stereocenters. The predicted octanol–water partition coefficient (Wildman–Crippen LogP) is 5.42. The molecule has 2 aliphatic rings. The van der Waals surface area contributed by atoms with E-state index in [-0.39, 0.29) is 11.9 Å². The van der Waals surface area contributed by atoms with E-state index in [0.29, 0.717) is 29.6 Å². The number of thiophene rings is 1. The maximum absolute atomic E-state index is 13.1. The van der Waals surface area contributed by atoms with Crippen LogP contribution < -0.4 is 15.1 Å². The Labute approximate surface area is 188 Å². The molecule has 0 radical (unpaired) electrons. The molecule has 1 aromatic heterocycles. The summed E-state index contributed by atoms with van der Waals surface area (Å²) in [6.45, 7) is 5.76. The molecule has 1 fully saturated rings. The molecule has 6 nitrogen and oxygen atoms in total. The minimum absolute atomic E-state index is 0.0339. The summed E-state index contributed by atoms with van der Waals surface area (Å²) in [7, 11) is 0. The fourth-order valence-corrected chi connectivity index (χ4v) is 4.80. The molecule has 2 aromatic carbocycles. The highest BCUT2D eigenvalue weighted by molar-refractivity contribution is 7.17. The van der Waals surface area contributed by atoms with Gasteiger partial charge >= 0.3 is 0 Å². The Balaban J connectivity index is 1.38. The molecule has 156 valence electrons. The minimum Gasteiger partial charge on any atom is -0.463 e. The van der Waals surface area contributed by atoms with Gasteiger partial charge in [0.25, 0.3) is 11.9 Å². The molecule has 0 spiro atoms. The van der Waals surface area contributed by atoms with Crippen LogP contribution in [0.1, 0.15) is 20.8 Å². The van der Waals surface area contributed by atoms with Crippen molar-refractivity contribution in [1.82, 2.24) is 0 Å². The first kappa shape index (κ1) is 19.7. The predicted molar refractivity (Wildman–Crippen MR) is 126 cm³/mol. The minimum atomic E-state index is -0.0339. The first-order valence-corrected chi connectivity index (χ1v) is 10.9. The summed E-state index contributed by atoms with van der Waals surface area (Å²) in [6, 6.07) is 17.2. The summed E-state index contributed by atoms with van der Waals surface area (Å²) in [4.78, 5) is 17.6. The summed E-state index contributed by atoms with van der Waals surface area (Å²) in [5.41, 5.74) is 4.92. The molecule has 2 N–H and O–H groups in total. The molecule has 3 aromatic rings. The first-order chi connectivity index (χ1) is 15.0. The van der Waals surface area contributed by atoms with Crippen LogP contribution in [0.2, 0.25) is 4.34 Å². The van der Waals surface area contributed by atoms with E-state index in [9.17, 15) is 4.79 Å². The van der Waals surface area contributed by atoms with Crippen molar-refractivity contribution in [3.8, 4) is 0 Å². The van der Waals surface area contributed by atoms with Gasteiger partial charge in [-0.1, -0.05) is 24.2 Å². The molecule has 2 aliphatic heterocycles. The third kappa shape index (κ3) is 3.56. The van der Waals surface area contributed by atoms with E-state index in [2.05, 4.69) is 11.9 Å². The number of hydrogen-bond acceptors (Lipinski definition) is 5. The zero-order chi connectivity index (χ0) is 21.5. The quantitative estimate of drug-likeness (QED) is 0.544. The van der Waals surface area contributed by atoms with E-state index < -0.39 is 0 Å². The zero-order valence-electron chi connectivity index (χ0n) is 16.5. The Morgan fingerprint density at radius 1 is 1.10 bits per heavy atom. The van der Waals surface area contributed by atoms with Crippen molar-refractivity contribution < 1.29 is 9.53 Å². The van der Waals surface area contributed by atoms with E-state index in [1.807, 2.05) is 54.6 Å². The smallest absolute Gasteiger partial charge is 0.289 e. The summed E-state index contributed by atoms with van der Waals surface area (Å²) < 4.78 is 5.92. The molecule has 3 heterocycles. The topological polar surface area (TPSA) is 68.7 Å². The number of nitrogens with one attached hydrogen (secondary N) is 2. The van der Waals surface area contributed by atoms with Crippen LogP contribution in [0.5, 0.6) is 0 Å². The fourth-order valence-electron chi connectivity index (χ4n) is 3.83. The highest BCUT2D eigenvalue weighted by atomic mass is 35.5. The third-order valence-corrected chi connectivity index (χ3v) is 6.69. The van der Waals surface area contributed by atoms with Crippen LogP contribution in [0, 0.1) is 5.41 Å². The number of halogens is 1. The SMILES string of the molecule is C=C(Nc1cccc2c1CN(c1ccc(N3CCOC3=N)cc1)C2=O)c1ccc(Cl)s1. The first-order valence-electron chi connectivity index (χ1n) is 9.75.